The highest BCUT2D eigenvalue weighted by atomic mass is 32.2. The van der Waals surface area contributed by atoms with Crippen molar-refractivity contribution >= 4 is 33.1 Å². The van der Waals surface area contributed by atoms with Crippen molar-refractivity contribution in [2.45, 2.75) is 17.1 Å². The number of hydrogen-bond donors (Lipinski definition) is 3. The number of carbonyl (C=O) groups is 1. The predicted molar refractivity (Wildman–Crippen MR) is 112 cm³/mol. The highest BCUT2D eigenvalue weighted by Crippen LogP contribution is 2.24. The van der Waals surface area contributed by atoms with E-state index in [1.807, 2.05) is 31.1 Å². The Balaban J connectivity index is 1.61. The molecule has 0 bridgehead atoms. The van der Waals surface area contributed by atoms with Crippen LogP contribution in [-0.2, 0) is 23.8 Å². The molecule has 0 amide bonds. The zero-order chi connectivity index (χ0) is 23.5. The minimum atomic E-state index is -4.32. The van der Waals surface area contributed by atoms with Gasteiger partial charge in [-0.05, 0) is 42.5 Å². The van der Waals surface area contributed by atoms with E-state index in [0.717, 1.165) is 5.69 Å². The van der Waals surface area contributed by atoms with Crippen molar-refractivity contribution in [1.29, 1.82) is 0 Å². The van der Waals surface area contributed by atoms with Gasteiger partial charge < -0.3 is 25.0 Å². The van der Waals surface area contributed by atoms with Gasteiger partial charge in [0, 0.05) is 25.8 Å². The third-order valence-corrected chi connectivity index (χ3v) is 5.61. The molecule has 1 aliphatic heterocycles. The Hall–Kier alpha value is -3.48. The molecule has 3 N–H and O–H groups in total. The molecule has 0 aromatic heterocycles. The van der Waals surface area contributed by atoms with Crippen LogP contribution < -0.4 is 4.90 Å². The topological polar surface area (TPSA) is 158 Å². The summed E-state index contributed by atoms with van der Waals surface area (Å²) in [5, 5.41) is 36.8. The van der Waals surface area contributed by atoms with E-state index in [0.29, 0.717) is 11.4 Å². The molecule has 0 fully saturated rings. The molecule has 1 unspecified atom stereocenters. The first-order chi connectivity index (χ1) is 15.1. The zero-order valence-corrected chi connectivity index (χ0v) is 17.9. The maximum Gasteiger partial charge on any atom is 0.377 e. The van der Waals surface area contributed by atoms with Gasteiger partial charge in [-0.2, -0.15) is 18.6 Å². The van der Waals surface area contributed by atoms with Crippen molar-refractivity contribution in [2.24, 2.45) is 10.2 Å². The number of rotatable bonds is 8. The lowest BCUT2D eigenvalue weighted by Crippen LogP contribution is -2.33. The number of cyclic esters (lactones) is 1. The zero-order valence-electron chi connectivity index (χ0n) is 17.0. The van der Waals surface area contributed by atoms with Gasteiger partial charge in [-0.25, -0.2) is 4.79 Å². The van der Waals surface area contributed by atoms with E-state index in [-0.39, 0.29) is 4.90 Å². The van der Waals surface area contributed by atoms with Gasteiger partial charge in [-0.3, -0.25) is 4.18 Å². The molecule has 11 nitrogen and oxygen atoms in total. The summed E-state index contributed by atoms with van der Waals surface area (Å²) in [5.74, 6) is -3.19. The summed E-state index contributed by atoms with van der Waals surface area (Å²) in [6, 6.07) is 13.7. The lowest BCUT2D eigenvalue weighted by Gasteiger charge is -2.17. The molecule has 1 aliphatic rings. The van der Waals surface area contributed by atoms with Gasteiger partial charge >= 0.3 is 5.97 Å². The number of azo groups is 1. The molecule has 12 heteroatoms. The van der Waals surface area contributed by atoms with E-state index in [1.54, 1.807) is 12.1 Å². The van der Waals surface area contributed by atoms with Crippen LogP contribution in [0.15, 0.2) is 69.1 Å². The Bertz CT molecular complexity index is 1140. The van der Waals surface area contributed by atoms with Crippen molar-refractivity contribution in [2.75, 3.05) is 25.6 Å². The average molecular weight is 462 g/mol. The number of nitrogens with zero attached hydrogens (tertiary/aromatic N) is 3. The third kappa shape index (κ3) is 5.22. The maximum atomic E-state index is 12.3. The van der Waals surface area contributed by atoms with E-state index in [4.69, 9.17) is 4.18 Å². The smallest absolute Gasteiger partial charge is 0.377 e. The minimum absolute atomic E-state index is 0.329. The van der Waals surface area contributed by atoms with Gasteiger partial charge in [-0.15, -0.1) is 0 Å². The SMILES string of the molecule is CN(C)c1ccc(N=Nc2c[c]c(S(=O)(=O)OC[C@@H](O)C3OC(=O)C(O)=C3O)cc2)cc1. The van der Waals surface area contributed by atoms with Crippen molar-refractivity contribution in [3.63, 3.8) is 0 Å². The Morgan fingerprint density at radius 2 is 1.75 bits per heavy atom. The number of esters is 1. The van der Waals surface area contributed by atoms with Crippen molar-refractivity contribution in [1.82, 2.24) is 0 Å². The molecule has 0 aliphatic carbocycles. The second-order valence-electron chi connectivity index (χ2n) is 6.89. The first kappa shape index (κ1) is 23.2. The standard InChI is InChI=1S/C20H20N3O8S/c1-23(2)14-7-3-12(4-8-14)21-22-13-5-9-15(10-6-13)32(28,29)30-11-16(24)19-17(25)18(26)20(27)31-19/h3-9,16,19,24-26H,11H2,1-2H3/t16-,19?/m1/s1. The number of carbonyl (C=O) groups excluding carboxylic acids is 1. The van der Waals surface area contributed by atoms with E-state index >= 15 is 0 Å². The number of aliphatic hydroxyl groups is 3. The van der Waals surface area contributed by atoms with Crippen LogP contribution in [0.3, 0.4) is 0 Å². The Kier molecular flexibility index (Phi) is 6.77. The Morgan fingerprint density at radius 3 is 2.28 bits per heavy atom. The molecule has 1 heterocycles. The van der Waals surface area contributed by atoms with Crippen LogP contribution in [0.5, 0.6) is 0 Å². The van der Waals surface area contributed by atoms with E-state index in [1.165, 1.54) is 18.2 Å². The lowest BCUT2D eigenvalue weighted by molar-refractivity contribution is -0.147. The molecule has 2 aromatic carbocycles. The fourth-order valence-corrected chi connectivity index (χ4v) is 3.47. The van der Waals surface area contributed by atoms with Gasteiger partial charge in [-0.1, -0.05) is 0 Å². The number of benzene rings is 2. The molecule has 0 saturated heterocycles. The minimum Gasteiger partial charge on any atom is -0.505 e. The quantitative estimate of drug-likeness (QED) is 0.304. The molecule has 32 heavy (non-hydrogen) atoms. The molecule has 2 atom stereocenters. The second kappa shape index (κ2) is 9.34. The normalized spacial score (nSPS) is 17.6. The molecule has 3 rings (SSSR count). The number of ether oxygens (including phenoxy) is 1. The first-order valence-electron chi connectivity index (χ1n) is 9.20. The van der Waals surface area contributed by atoms with Crippen LogP contribution in [0.1, 0.15) is 0 Å². The summed E-state index contributed by atoms with van der Waals surface area (Å²) >= 11 is 0. The van der Waals surface area contributed by atoms with Crippen LogP contribution in [0.4, 0.5) is 17.1 Å². The molecule has 0 spiro atoms. The van der Waals surface area contributed by atoms with Gasteiger partial charge in [0.2, 0.25) is 5.76 Å². The van der Waals surface area contributed by atoms with Gasteiger partial charge in [0.1, 0.15) is 11.0 Å². The van der Waals surface area contributed by atoms with Crippen molar-refractivity contribution in [3.8, 4) is 0 Å². The molecular weight excluding hydrogens is 442 g/mol. The van der Waals surface area contributed by atoms with Crippen molar-refractivity contribution < 1.29 is 37.5 Å². The monoisotopic (exact) mass is 462 g/mol. The van der Waals surface area contributed by atoms with Crippen LogP contribution in [0.25, 0.3) is 0 Å². The molecule has 0 saturated carbocycles. The summed E-state index contributed by atoms with van der Waals surface area (Å²) in [6.45, 7) is -0.837. The highest BCUT2D eigenvalue weighted by molar-refractivity contribution is 7.86. The summed E-state index contributed by atoms with van der Waals surface area (Å²) < 4.78 is 33.8. The van der Waals surface area contributed by atoms with E-state index < -0.39 is 46.4 Å². The summed E-state index contributed by atoms with van der Waals surface area (Å²) in [5.41, 5.74) is 1.97. The number of hydrogen-bond acceptors (Lipinski definition) is 11. The molecular formula is C20H20N3O8S. The summed E-state index contributed by atoms with van der Waals surface area (Å²) in [7, 11) is -0.483. The maximum absolute atomic E-state index is 12.3. The van der Waals surface area contributed by atoms with Crippen LogP contribution in [0, 0.1) is 6.07 Å². The van der Waals surface area contributed by atoms with E-state index in [2.05, 4.69) is 21.0 Å². The summed E-state index contributed by atoms with van der Waals surface area (Å²) in [4.78, 5) is 12.8. The van der Waals surface area contributed by atoms with Gasteiger partial charge in [0.15, 0.2) is 11.9 Å². The molecule has 169 valence electrons. The van der Waals surface area contributed by atoms with Crippen molar-refractivity contribution in [3.05, 3.63) is 60.0 Å². The van der Waals surface area contributed by atoms with Crippen LogP contribution in [0.2, 0.25) is 0 Å². The Morgan fingerprint density at radius 1 is 1.12 bits per heavy atom. The van der Waals surface area contributed by atoms with Gasteiger partial charge in [0.25, 0.3) is 10.1 Å². The van der Waals surface area contributed by atoms with E-state index in [9.17, 15) is 28.5 Å². The lowest BCUT2D eigenvalue weighted by atomic mass is 10.2. The first-order valence-corrected chi connectivity index (χ1v) is 10.6. The van der Waals surface area contributed by atoms with Gasteiger partial charge in [0.05, 0.1) is 18.0 Å². The molecule has 1 radical (unpaired) electrons. The fourth-order valence-electron chi connectivity index (χ4n) is 2.59. The highest BCUT2D eigenvalue weighted by Gasteiger charge is 2.40. The second-order valence-corrected chi connectivity index (χ2v) is 8.47. The number of anilines is 1. The van der Waals surface area contributed by atoms with Crippen LogP contribution >= 0.6 is 0 Å². The third-order valence-electron chi connectivity index (χ3n) is 4.37. The number of aliphatic hydroxyl groups excluding tert-OH is 3. The summed E-state index contributed by atoms with van der Waals surface area (Å²) in [6.07, 6.45) is -3.36. The fraction of sp³-hybridized carbons (Fsp3) is 0.250. The average Bonchev–Trinajstić information content (AvgIpc) is 3.04. The van der Waals surface area contributed by atoms with Crippen LogP contribution in [-0.4, -0.2) is 62.6 Å². The molecule has 2 aromatic rings. The largest absolute Gasteiger partial charge is 0.505 e. The predicted octanol–water partition coefficient (Wildman–Crippen LogP) is 2.29. The Labute approximate surface area is 184 Å².